The van der Waals surface area contributed by atoms with E-state index in [0.717, 1.165) is 31.4 Å². The number of benzene rings is 1. The van der Waals surface area contributed by atoms with Crippen LogP contribution in [0.5, 0.6) is 0 Å². The van der Waals surface area contributed by atoms with Gasteiger partial charge in [-0.25, -0.2) is 4.39 Å². The molecule has 128 valence electrons. The van der Waals surface area contributed by atoms with E-state index in [1.807, 2.05) is 17.0 Å². The van der Waals surface area contributed by atoms with Gasteiger partial charge in [0, 0.05) is 24.8 Å². The Balaban J connectivity index is 1.89. The van der Waals surface area contributed by atoms with E-state index in [0.29, 0.717) is 17.7 Å². The van der Waals surface area contributed by atoms with Crippen molar-refractivity contribution in [2.24, 2.45) is 0 Å². The Morgan fingerprint density at radius 3 is 2.96 bits per heavy atom. The van der Waals surface area contributed by atoms with E-state index < -0.39 is 0 Å². The number of carbonyl (C=O) groups excluding carboxylic acids is 1. The molecule has 0 aliphatic carbocycles. The van der Waals surface area contributed by atoms with Crippen LogP contribution in [-0.4, -0.2) is 24.5 Å². The van der Waals surface area contributed by atoms with E-state index in [1.54, 1.807) is 18.4 Å². The van der Waals surface area contributed by atoms with E-state index in [2.05, 4.69) is 0 Å². The highest BCUT2D eigenvalue weighted by atomic mass is 19.1. The molecule has 0 radical (unpaired) electrons. The maximum absolute atomic E-state index is 13.8. The number of carbonyl (C=O) groups is 1. The van der Waals surface area contributed by atoms with Crippen LogP contribution in [0.3, 0.4) is 0 Å². The maximum Gasteiger partial charge on any atom is 0.254 e. The van der Waals surface area contributed by atoms with E-state index in [4.69, 9.17) is 9.15 Å². The van der Waals surface area contributed by atoms with Crippen LogP contribution in [0.15, 0.2) is 41.0 Å². The molecule has 1 saturated heterocycles. The Labute approximate surface area is 141 Å². The van der Waals surface area contributed by atoms with Crippen molar-refractivity contribution in [1.82, 2.24) is 4.90 Å². The lowest BCUT2D eigenvalue weighted by atomic mass is 10.0. The van der Waals surface area contributed by atoms with Crippen molar-refractivity contribution < 1.29 is 18.3 Å². The maximum atomic E-state index is 13.8. The van der Waals surface area contributed by atoms with Crippen LogP contribution in [0.25, 0.3) is 0 Å². The molecule has 2 heterocycles. The first kappa shape index (κ1) is 16.7. The van der Waals surface area contributed by atoms with Crippen LogP contribution in [0.4, 0.5) is 4.39 Å². The number of likely N-dealkylation sites (tertiary alicyclic amines) is 1. The third-order valence-corrected chi connectivity index (χ3v) is 4.48. The number of nitrogens with zero attached hydrogens (tertiary/aromatic N) is 1. The molecule has 1 aliphatic heterocycles. The van der Waals surface area contributed by atoms with Crippen LogP contribution < -0.4 is 0 Å². The first-order valence-corrected chi connectivity index (χ1v) is 8.32. The average Bonchev–Trinajstić information content (AvgIpc) is 3.01. The fourth-order valence-corrected chi connectivity index (χ4v) is 3.27. The zero-order chi connectivity index (χ0) is 16.9. The Kier molecular flexibility index (Phi) is 5.30. The molecule has 1 amide bonds. The van der Waals surface area contributed by atoms with Gasteiger partial charge in [0.15, 0.2) is 0 Å². The fraction of sp³-hybridized carbons (Fsp3) is 0.421. The number of furan rings is 1. The summed E-state index contributed by atoms with van der Waals surface area (Å²) < 4.78 is 24.4. The quantitative estimate of drug-likeness (QED) is 0.838. The summed E-state index contributed by atoms with van der Waals surface area (Å²) in [6.07, 6.45) is 5.64. The van der Waals surface area contributed by atoms with Crippen LogP contribution >= 0.6 is 0 Å². The monoisotopic (exact) mass is 331 g/mol. The third kappa shape index (κ3) is 3.51. The predicted octanol–water partition coefficient (Wildman–Crippen LogP) is 4.32. The first-order chi connectivity index (χ1) is 11.7. The molecule has 1 unspecified atom stereocenters. The van der Waals surface area contributed by atoms with Gasteiger partial charge in [-0.1, -0.05) is 12.8 Å². The van der Waals surface area contributed by atoms with Gasteiger partial charge >= 0.3 is 0 Å². The summed E-state index contributed by atoms with van der Waals surface area (Å²) in [5, 5.41) is 0. The van der Waals surface area contributed by atoms with E-state index in [1.165, 1.54) is 13.2 Å². The minimum atomic E-state index is -0.355. The lowest BCUT2D eigenvalue weighted by Crippen LogP contribution is -2.34. The highest BCUT2D eigenvalue weighted by molar-refractivity contribution is 5.94. The van der Waals surface area contributed by atoms with Gasteiger partial charge in [0.2, 0.25) is 0 Å². The van der Waals surface area contributed by atoms with E-state index in [-0.39, 0.29) is 24.4 Å². The van der Waals surface area contributed by atoms with Crippen molar-refractivity contribution in [3.05, 3.63) is 59.3 Å². The van der Waals surface area contributed by atoms with Crippen molar-refractivity contribution in [3.63, 3.8) is 0 Å². The molecule has 4 nitrogen and oxygen atoms in total. The number of methoxy groups -OCH3 is 1. The molecule has 24 heavy (non-hydrogen) atoms. The summed E-state index contributed by atoms with van der Waals surface area (Å²) in [5.74, 6) is 0.368. The van der Waals surface area contributed by atoms with Crippen molar-refractivity contribution in [2.45, 2.75) is 38.3 Å². The van der Waals surface area contributed by atoms with Crippen molar-refractivity contribution in [2.75, 3.05) is 13.7 Å². The highest BCUT2D eigenvalue weighted by Crippen LogP contribution is 2.31. The van der Waals surface area contributed by atoms with Crippen LogP contribution in [0.2, 0.25) is 0 Å². The highest BCUT2D eigenvalue weighted by Gasteiger charge is 2.29. The van der Waals surface area contributed by atoms with E-state index in [9.17, 15) is 9.18 Å². The fourth-order valence-electron chi connectivity index (χ4n) is 3.27. The van der Waals surface area contributed by atoms with Gasteiger partial charge in [-0.05, 0) is 43.2 Å². The molecule has 0 bridgehead atoms. The zero-order valence-electron chi connectivity index (χ0n) is 13.8. The van der Waals surface area contributed by atoms with Gasteiger partial charge in [0.25, 0.3) is 5.91 Å². The molecule has 1 aromatic carbocycles. The van der Waals surface area contributed by atoms with Crippen molar-refractivity contribution in [3.8, 4) is 0 Å². The normalized spacial score (nSPS) is 18.4. The van der Waals surface area contributed by atoms with Gasteiger partial charge in [-0.15, -0.1) is 0 Å². The lowest BCUT2D eigenvalue weighted by Gasteiger charge is -2.29. The molecule has 0 N–H and O–H groups in total. The lowest BCUT2D eigenvalue weighted by molar-refractivity contribution is 0.0658. The van der Waals surface area contributed by atoms with Crippen molar-refractivity contribution in [1.29, 1.82) is 0 Å². The smallest absolute Gasteiger partial charge is 0.254 e. The molecular formula is C19H22FNO3. The number of hydrogen-bond donors (Lipinski definition) is 0. The number of rotatable bonds is 4. The van der Waals surface area contributed by atoms with Gasteiger partial charge < -0.3 is 14.1 Å². The summed E-state index contributed by atoms with van der Waals surface area (Å²) in [5.41, 5.74) is 0.884. The van der Waals surface area contributed by atoms with Gasteiger partial charge in [0.05, 0.1) is 18.9 Å². The third-order valence-electron chi connectivity index (χ3n) is 4.48. The summed E-state index contributed by atoms with van der Waals surface area (Å²) in [7, 11) is 1.51. The second-order valence-corrected chi connectivity index (χ2v) is 6.12. The summed E-state index contributed by atoms with van der Waals surface area (Å²) >= 11 is 0. The molecule has 3 rings (SSSR count). The minimum absolute atomic E-state index is 0.0640. The molecule has 5 heteroatoms. The Morgan fingerprint density at radius 2 is 2.21 bits per heavy atom. The summed E-state index contributed by atoms with van der Waals surface area (Å²) in [6, 6.07) is 8.16. The van der Waals surface area contributed by atoms with E-state index >= 15 is 0 Å². The molecule has 1 aliphatic rings. The second-order valence-electron chi connectivity index (χ2n) is 6.12. The second kappa shape index (κ2) is 7.62. The average molecular weight is 331 g/mol. The number of halogens is 1. The molecule has 1 atom stereocenters. The Morgan fingerprint density at radius 1 is 1.33 bits per heavy atom. The zero-order valence-corrected chi connectivity index (χ0v) is 13.8. The molecule has 2 aromatic rings. The van der Waals surface area contributed by atoms with Crippen LogP contribution in [0.1, 0.15) is 53.4 Å². The minimum Gasteiger partial charge on any atom is -0.467 e. The number of hydrogen-bond acceptors (Lipinski definition) is 3. The summed E-state index contributed by atoms with van der Waals surface area (Å²) in [6.45, 7) is 0.829. The van der Waals surface area contributed by atoms with Gasteiger partial charge in [-0.3, -0.25) is 4.79 Å². The SMILES string of the molecule is COCc1cc(C(=O)N2CCCCCC2c2ccco2)ccc1F. The molecule has 0 saturated carbocycles. The van der Waals surface area contributed by atoms with Gasteiger partial charge in [0.1, 0.15) is 11.6 Å². The Bertz CT molecular complexity index is 684. The van der Waals surface area contributed by atoms with Crippen molar-refractivity contribution >= 4 is 5.91 Å². The number of ether oxygens (including phenoxy) is 1. The molecular weight excluding hydrogens is 309 g/mol. The van der Waals surface area contributed by atoms with Crippen LogP contribution in [0, 0.1) is 5.82 Å². The summed E-state index contributed by atoms with van der Waals surface area (Å²) in [4.78, 5) is 14.9. The largest absolute Gasteiger partial charge is 0.467 e. The predicted molar refractivity (Wildman–Crippen MR) is 88.1 cm³/mol. The topological polar surface area (TPSA) is 42.7 Å². The van der Waals surface area contributed by atoms with Crippen LogP contribution in [-0.2, 0) is 11.3 Å². The number of amides is 1. The molecule has 0 spiro atoms. The molecule has 1 fully saturated rings. The standard InChI is InChI=1S/C19H22FNO3/c1-23-13-15-12-14(8-9-16(15)20)19(22)21-10-4-2-3-6-17(21)18-7-5-11-24-18/h5,7-9,11-12,17H,2-4,6,10,13H2,1H3. The molecule has 1 aromatic heterocycles. The van der Waals surface area contributed by atoms with Gasteiger partial charge in [-0.2, -0.15) is 0 Å². The first-order valence-electron chi connectivity index (χ1n) is 8.32. The Hall–Kier alpha value is -2.14.